The fraction of sp³-hybridized carbons (Fsp3) is 0.833. The van der Waals surface area contributed by atoms with Crippen LogP contribution in [0, 0.1) is 5.92 Å². The number of hydrogen-bond acceptors (Lipinski definition) is 2. The van der Waals surface area contributed by atoms with Gasteiger partial charge in [-0.25, -0.2) is 8.78 Å². The lowest BCUT2D eigenvalue weighted by Gasteiger charge is -2.03. The van der Waals surface area contributed by atoms with E-state index in [2.05, 4.69) is 0 Å². The molecule has 0 bridgehead atoms. The van der Waals surface area contributed by atoms with E-state index >= 15 is 0 Å². The number of carbonyl (C=O) groups excluding carboxylic acids is 1. The van der Waals surface area contributed by atoms with Crippen LogP contribution in [0.2, 0.25) is 0 Å². The fourth-order valence-electron chi connectivity index (χ4n) is 0.937. The van der Waals surface area contributed by atoms with Crippen LogP contribution in [-0.2, 0) is 4.79 Å². The van der Waals surface area contributed by atoms with E-state index in [0.717, 1.165) is 5.75 Å². The van der Waals surface area contributed by atoms with Gasteiger partial charge in [0.2, 0.25) is 5.78 Å². The van der Waals surface area contributed by atoms with Crippen molar-refractivity contribution >= 4 is 17.5 Å². The molecule has 1 atom stereocenters. The molecule has 0 saturated carbocycles. The normalized spacial score (nSPS) is 25.7. The van der Waals surface area contributed by atoms with E-state index in [-0.39, 0.29) is 5.92 Å². The van der Waals surface area contributed by atoms with Crippen molar-refractivity contribution < 1.29 is 13.6 Å². The summed E-state index contributed by atoms with van der Waals surface area (Å²) in [7, 11) is 0. The molecule has 0 radical (unpaired) electrons. The van der Waals surface area contributed by atoms with Crippen LogP contribution in [0.1, 0.15) is 6.42 Å². The van der Waals surface area contributed by atoms with E-state index in [9.17, 15) is 13.6 Å². The summed E-state index contributed by atoms with van der Waals surface area (Å²) in [6, 6.07) is 0. The third kappa shape index (κ3) is 1.68. The quantitative estimate of drug-likeness (QED) is 0.619. The van der Waals surface area contributed by atoms with Crippen molar-refractivity contribution in [3.63, 3.8) is 0 Å². The minimum atomic E-state index is -2.76. The molecular formula is C6H8F2OS. The number of halogens is 2. The third-order valence-electron chi connectivity index (χ3n) is 1.55. The van der Waals surface area contributed by atoms with Crippen LogP contribution in [0.4, 0.5) is 8.78 Å². The predicted octanol–water partition coefficient (Wildman–Crippen LogP) is 1.57. The topological polar surface area (TPSA) is 17.1 Å². The fourth-order valence-corrected chi connectivity index (χ4v) is 2.17. The molecule has 1 aliphatic heterocycles. The smallest absolute Gasteiger partial charge is 0.293 e. The van der Waals surface area contributed by atoms with Gasteiger partial charge in [-0.15, -0.1) is 0 Å². The second-order valence-electron chi connectivity index (χ2n) is 2.26. The molecule has 1 unspecified atom stereocenters. The number of rotatable bonds is 2. The summed E-state index contributed by atoms with van der Waals surface area (Å²) in [5, 5.41) is 0. The van der Waals surface area contributed by atoms with Gasteiger partial charge < -0.3 is 0 Å². The van der Waals surface area contributed by atoms with Crippen LogP contribution < -0.4 is 0 Å². The highest BCUT2D eigenvalue weighted by Crippen LogP contribution is 2.25. The molecule has 1 fully saturated rings. The maximum Gasteiger partial charge on any atom is 0.296 e. The molecule has 10 heavy (non-hydrogen) atoms. The molecule has 1 rings (SSSR count). The Morgan fingerprint density at radius 1 is 1.60 bits per heavy atom. The van der Waals surface area contributed by atoms with Crippen LogP contribution in [-0.4, -0.2) is 23.7 Å². The number of alkyl halides is 2. The highest BCUT2D eigenvalue weighted by Gasteiger charge is 2.29. The van der Waals surface area contributed by atoms with Crippen molar-refractivity contribution in [2.75, 3.05) is 11.5 Å². The van der Waals surface area contributed by atoms with Crippen LogP contribution in [0.3, 0.4) is 0 Å². The van der Waals surface area contributed by atoms with E-state index in [1.54, 1.807) is 11.8 Å². The van der Waals surface area contributed by atoms with Crippen molar-refractivity contribution in [3.8, 4) is 0 Å². The summed E-state index contributed by atoms with van der Waals surface area (Å²) in [6.07, 6.45) is -2.13. The first-order valence-corrected chi connectivity index (χ1v) is 4.27. The van der Waals surface area contributed by atoms with Gasteiger partial charge in [0.05, 0.1) is 0 Å². The largest absolute Gasteiger partial charge is 0.296 e. The second-order valence-corrected chi connectivity index (χ2v) is 3.41. The summed E-state index contributed by atoms with van der Waals surface area (Å²) in [5.74, 6) is 0.196. The maximum atomic E-state index is 11.7. The lowest BCUT2D eigenvalue weighted by atomic mass is 10.0. The first-order chi connectivity index (χ1) is 4.72. The zero-order chi connectivity index (χ0) is 7.56. The Bertz CT molecular complexity index is 132. The number of Topliss-reactive ketones (excluding diaryl/α,β-unsaturated/α-hetero) is 1. The highest BCUT2D eigenvalue weighted by atomic mass is 32.2. The Kier molecular flexibility index (Phi) is 2.65. The molecule has 0 N–H and O–H groups in total. The van der Waals surface area contributed by atoms with Crippen LogP contribution in [0.25, 0.3) is 0 Å². The lowest BCUT2D eigenvalue weighted by molar-refractivity contribution is -0.132. The van der Waals surface area contributed by atoms with Gasteiger partial charge in [0.15, 0.2) is 0 Å². The van der Waals surface area contributed by atoms with E-state index in [0.29, 0.717) is 12.2 Å². The van der Waals surface area contributed by atoms with Gasteiger partial charge in [-0.3, -0.25) is 4.79 Å². The molecule has 0 aromatic heterocycles. The Labute approximate surface area is 62.2 Å². The van der Waals surface area contributed by atoms with Gasteiger partial charge in [-0.1, -0.05) is 0 Å². The number of carbonyl (C=O) groups is 1. The maximum absolute atomic E-state index is 11.7. The summed E-state index contributed by atoms with van der Waals surface area (Å²) in [4.78, 5) is 10.6. The van der Waals surface area contributed by atoms with E-state index in [1.165, 1.54) is 0 Å². The van der Waals surface area contributed by atoms with E-state index < -0.39 is 12.2 Å². The van der Waals surface area contributed by atoms with Crippen molar-refractivity contribution in [1.29, 1.82) is 0 Å². The molecule has 0 aromatic carbocycles. The Balaban J connectivity index is 2.40. The molecule has 0 spiro atoms. The van der Waals surface area contributed by atoms with E-state index in [1.807, 2.05) is 0 Å². The molecule has 1 nitrogen and oxygen atoms in total. The first kappa shape index (κ1) is 7.98. The second kappa shape index (κ2) is 3.32. The monoisotopic (exact) mass is 166 g/mol. The Hall–Kier alpha value is -0.120. The van der Waals surface area contributed by atoms with Gasteiger partial charge in [0.25, 0.3) is 6.43 Å². The molecule has 0 aliphatic carbocycles. The lowest BCUT2D eigenvalue weighted by Crippen LogP contribution is -2.21. The number of thioether (sulfide) groups is 1. The standard InChI is InChI=1S/C6H8F2OS/c7-6(8)5(9)4-1-2-10-3-4/h4,6H,1-3H2. The number of ketones is 1. The molecule has 0 aromatic rings. The summed E-state index contributed by atoms with van der Waals surface area (Å²) in [6.45, 7) is 0. The summed E-state index contributed by atoms with van der Waals surface area (Å²) < 4.78 is 23.4. The molecule has 1 heterocycles. The van der Waals surface area contributed by atoms with Crippen molar-refractivity contribution in [3.05, 3.63) is 0 Å². The van der Waals surface area contributed by atoms with Crippen molar-refractivity contribution in [2.24, 2.45) is 5.92 Å². The van der Waals surface area contributed by atoms with Crippen LogP contribution >= 0.6 is 11.8 Å². The average Bonchev–Trinajstić information content (AvgIpc) is 2.36. The zero-order valence-corrected chi connectivity index (χ0v) is 6.16. The average molecular weight is 166 g/mol. The minimum absolute atomic E-state index is 0.370. The molecule has 0 amide bonds. The molecule has 1 saturated heterocycles. The third-order valence-corrected chi connectivity index (χ3v) is 2.71. The molecule has 4 heteroatoms. The zero-order valence-electron chi connectivity index (χ0n) is 5.35. The molecule has 58 valence electrons. The highest BCUT2D eigenvalue weighted by molar-refractivity contribution is 7.99. The van der Waals surface area contributed by atoms with Crippen molar-refractivity contribution in [2.45, 2.75) is 12.8 Å². The molecular weight excluding hydrogens is 158 g/mol. The van der Waals surface area contributed by atoms with Gasteiger partial charge in [0.1, 0.15) is 0 Å². The van der Waals surface area contributed by atoms with Crippen LogP contribution in [0.15, 0.2) is 0 Å². The van der Waals surface area contributed by atoms with Crippen LogP contribution in [0.5, 0.6) is 0 Å². The summed E-state index contributed by atoms with van der Waals surface area (Å²) >= 11 is 1.57. The molecule has 1 aliphatic rings. The van der Waals surface area contributed by atoms with Gasteiger partial charge >= 0.3 is 0 Å². The van der Waals surface area contributed by atoms with Crippen molar-refractivity contribution in [1.82, 2.24) is 0 Å². The Morgan fingerprint density at radius 3 is 2.70 bits per heavy atom. The predicted molar refractivity (Wildman–Crippen MR) is 36.4 cm³/mol. The van der Waals surface area contributed by atoms with Gasteiger partial charge in [-0.2, -0.15) is 11.8 Å². The SMILES string of the molecule is O=C(C(F)F)C1CCSC1. The first-order valence-electron chi connectivity index (χ1n) is 3.11. The minimum Gasteiger partial charge on any atom is -0.293 e. The van der Waals surface area contributed by atoms with Gasteiger partial charge in [-0.05, 0) is 12.2 Å². The van der Waals surface area contributed by atoms with Gasteiger partial charge in [0, 0.05) is 11.7 Å². The Morgan fingerprint density at radius 2 is 2.30 bits per heavy atom. The van der Waals surface area contributed by atoms with E-state index in [4.69, 9.17) is 0 Å². The summed E-state index contributed by atoms with van der Waals surface area (Å²) in [5.41, 5.74) is 0. The number of hydrogen-bond donors (Lipinski definition) is 0.